The second-order valence-corrected chi connectivity index (χ2v) is 3.30. The van der Waals surface area contributed by atoms with Gasteiger partial charge in [0.05, 0.1) is 5.69 Å². The van der Waals surface area contributed by atoms with Crippen molar-refractivity contribution in [3.8, 4) is 11.5 Å². The summed E-state index contributed by atoms with van der Waals surface area (Å²) < 4.78 is 0. The van der Waals surface area contributed by atoms with Crippen LogP contribution in [0.1, 0.15) is 0 Å². The quantitative estimate of drug-likeness (QED) is 0.544. The van der Waals surface area contributed by atoms with Crippen LogP contribution in [0.25, 0.3) is 0 Å². The normalized spacial score (nSPS) is 9.75. The first kappa shape index (κ1) is 10.2. The van der Waals surface area contributed by atoms with Crippen LogP contribution in [0.3, 0.4) is 0 Å². The van der Waals surface area contributed by atoms with Crippen LogP contribution in [0.15, 0.2) is 48.5 Å². The Labute approximate surface area is 93.2 Å². The van der Waals surface area contributed by atoms with Crippen LogP contribution >= 0.6 is 0 Å². The zero-order valence-corrected chi connectivity index (χ0v) is 8.55. The largest absolute Gasteiger partial charge is 0.504 e. The molecule has 82 valence electrons. The highest BCUT2D eigenvalue weighted by molar-refractivity contribution is 5.52. The molecule has 0 saturated carbocycles. The molecule has 0 radical (unpaired) electrons. The van der Waals surface area contributed by atoms with Gasteiger partial charge in [0.15, 0.2) is 11.5 Å². The van der Waals surface area contributed by atoms with Crippen LogP contribution in [-0.4, -0.2) is 5.11 Å². The van der Waals surface area contributed by atoms with E-state index in [1.807, 2.05) is 30.3 Å². The molecule has 0 heterocycles. The number of nitrogens with one attached hydrogen (secondary N) is 1. The van der Waals surface area contributed by atoms with Crippen LogP contribution in [0, 0.1) is 0 Å². The van der Waals surface area contributed by atoms with Crippen LogP contribution in [0.5, 0.6) is 11.5 Å². The molecule has 2 aromatic rings. The lowest BCUT2D eigenvalue weighted by Gasteiger charge is -2.09. The topological polar surface area (TPSA) is 67.5 Å². The minimum atomic E-state index is 0.00318. The highest BCUT2D eigenvalue weighted by Gasteiger charge is 2.02. The van der Waals surface area contributed by atoms with E-state index < -0.39 is 0 Å². The highest BCUT2D eigenvalue weighted by atomic mass is 16.6. The number of anilines is 2. The third kappa shape index (κ3) is 2.36. The van der Waals surface area contributed by atoms with Gasteiger partial charge in [-0.05, 0) is 24.3 Å². The second kappa shape index (κ2) is 4.44. The maximum Gasteiger partial charge on any atom is 0.196 e. The summed E-state index contributed by atoms with van der Waals surface area (Å²) in [5, 5.41) is 9.52. The van der Waals surface area contributed by atoms with Crippen molar-refractivity contribution in [1.29, 1.82) is 0 Å². The van der Waals surface area contributed by atoms with E-state index >= 15 is 0 Å². The summed E-state index contributed by atoms with van der Waals surface area (Å²) in [6.07, 6.45) is 0. The summed E-state index contributed by atoms with van der Waals surface area (Å²) in [5.74, 6) is 0.335. The lowest BCUT2D eigenvalue weighted by Crippen LogP contribution is -2.04. The number of hydrogen-bond donors (Lipinski definition) is 3. The summed E-state index contributed by atoms with van der Waals surface area (Å²) in [5.41, 5.74) is 9.51. The molecule has 0 spiro atoms. The molecule has 0 aliphatic heterocycles. The molecule has 0 unspecified atom stereocenters. The molecule has 0 atom stereocenters. The number of nitrogens with two attached hydrogens (primary N) is 1. The van der Waals surface area contributed by atoms with Crippen LogP contribution in [-0.2, 0) is 0 Å². The van der Waals surface area contributed by atoms with E-state index in [1.165, 1.54) is 6.07 Å². The van der Waals surface area contributed by atoms with Gasteiger partial charge in [0.2, 0.25) is 0 Å². The summed E-state index contributed by atoms with van der Waals surface area (Å²) in [6, 6.07) is 14.1. The smallest absolute Gasteiger partial charge is 0.196 e. The van der Waals surface area contributed by atoms with Crippen LogP contribution in [0.2, 0.25) is 0 Å². The second-order valence-electron chi connectivity index (χ2n) is 3.30. The van der Waals surface area contributed by atoms with Gasteiger partial charge in [-0.3, -0.25) is 0 Å². The van der Waals surface area contributed by atoms with Crippen molar-refractivity contribution in [3.05, 3.63) is 48.5 Å². The summed E-state index contributed by atoms with van der Waals surface area (Å²) in [4.78, 5) is 5.22. The molecule has 16 heavy (non-hydrogen) atoms. The molecule has 2 aromatic carbocycles. The number of hydrogen-bond acceptors (Lipinski definition) is 4. The van der Waals surface area contributed by atoms with Crippen molar-refractivity contribution in [1.82, 2.24) is 0 Å². The lowest BCUT2D eigenvalue weighted by molar-refractivity contribution is 0.367. The summed E-state index contributed by atoms with van der Waals surface area (Å²) in [7, 11) is 0. The van der Waals surface area contributed by atoms with Crippen molar-refractivity contribution < 1.29 is 9.94 Å². The van der Waals surface area contributed by atoms with Gasteiger partial charge >= 0.3 is 0 Å². The van der Waals surface area contributed by atoms with E-state index in [2.05, 4.69) is 5.48 Å². The molecule has 0 fully saturated rings. The molecule has 0 aromatic heterocycles. The number of phenolic OH excluding ortho intramolecular Hbond substituents is 1. The first-order chi connectivity index (χ1) is 7.75. The number of para-hydroxylation sites is 1. The summed E-state index contributed by atoms with van der Waals surface area (Å²) >= 11 is 0. The molecule has 4 heteroatoms. The molecule has 4 N–H and O–H groups in total. The van der Waals surface area contributed by atoms with Gasteiger partial charge < -0.3 is 15.7 Å². The maximum atomic E-state index is 9.52. The van der Waals surface area contributed by atoms with E-state index in [1.54, 1.807) is 12.1 Å². The number of phenols is 1. The molecule has 2 rings (SSSR count). The Morgan fingerprint density at radius 3 is 2.50 bits per heavy atom. The lowest BCUT2D eigenvalue weighted by atomic mass is 10.3. The van der Waals surface area contributed by atoms with Gasteiger partial charge in [0, 0.05) is 11.8 Å². The van der Waals surface area contributed by atoms with Gasteiger partial charge in [-0.2, -0.15) is 0 Å². The van der Waals surface area contributed by atoms with Gasteiger partial charge in [-0.25, -0.2) is 5.48 Å². The number of benzene rings is 2. The Hall–Kier alpha value is -2.36. The minimum absolute atomic E-state index is 0.00318. The van der Waals surface area contributed by atoms with Gasteiger partial charge in [0.25, 0.3) is 0 Å². The van der Waals surface area contributed by atoms with Gasteiger partial charge in [0.1, 0.15) is 0 Å². The Balaban J connectivity index is 2.05. The molecule has 0 aliphatic carbocycles. The van der Waals surface area contributed by atoms with Crippen molar-refractivity contribution >= 4 is 11.4 Å². The average Bonchev–Trinajstić information content (AvgIpc) is 2.29. The number of nitrogen functional groups attached to an aromatic ring is 1. The maximum absolute atomic E-state index is 9.52. The van der Waals surface area contributed by atoms with Gasteiger partial charge in [-0.15, -0.1) is 0 Å². The monoisotopic (exact) mass is 216 g/mol. The predicted molar refractivity (Wildman–Crippen MR) is 63.2 cm³/mol. The van der Waals surface area contributed by atoms with Crippen LogP contribution in [0.4, 0.5) is 11.4 Å². The van der Waals surface area contributed by atoms with E-state index in [-0.39, 0.29) is 5.75 Å². The van der Waals surface area contributed by atoms with E-state index in [0.717, 1.165) is 5.69 Å². The SMILES string of the molecule is Nc1ccc(ONc2ccccc2)c(O)c1. The highest BCUT2D eigenvalue weighted by Crippen LogP contribution is 2.27. The number of aromatic hydroxyl groups is 1. The molecule has 0 saturated heterocycles. The molecule has 0 aliphatic rings. The fourth-order valence-electron chi connectivity index (χ4n) is 1.24. The standard InChI is InChI=1S/C12H12N2O2/c13-9-6-7-12(11(15)8-9)16-14-10-4-2-1-3-5-10/h1-8,14-15H,13H2. The fraction of sp³-hybridized carbons (Fsp3) is 0. The van der Waals surface area contributed by atoms with Gasteiger partial charge in [-0.1, -0.05) is 18.2 Å². The van der Waals surface area contributed by atoms with E-state index in [4.69, 9.17) is 10.6 Å². The van der Waals surface area contributed by atoms with E-state index in [0.29, 0.717) is 11.4 Å². The Morgan fingerprint density at radius 2 is 1.81 bits per heavy atom. The van der Waals surface area contributed by atoms with E-state index in [9.17, 15) is 5.11 Å². The number of rotatable bonds is 3. The third-order valence-corrected chi connectivity index (χ3v) is 2.04. The van der Waals surface area contributed by atoms with Crippen molar-refractivity contribution in [2.24, 2.45) is 0 Å². The molecule has 4 nitrogen and oxygen atoms in total. The zero-order valence-electron chi connectivity index (χ0n) is 8.55. The Bertz CT molecular complexity index is 472. The predicted octanol–water partition coefficient (Wildman–Crippen LogP) is 2.38. The molecular formula is C12H12N2O2. The molecule has 0 bridgehead atoms. The van der Waals surface area contributed by atoms with Crippen LogP contribution < -0.4 is 16.1 Å². The Kier molecular flexibility index (Phi) is 2.82. The van der Waals surface area contributed by atoms with Crippen molar-refractivity contribution in [2.75, 3.05) is 11.2 Å². The average molecular weight is 216 g/mol. The third-order valence-electron chi connectivity index (χ3n) is 2.04. The molecular weight excluding hydrogens is 204 g/mol. The van der Waals surface area contributed by atoms with Crippen molar-refractivity contribution in [2.45, 2.75) is 0 Å². The summed E-state index contributed by atoms with van der Waals surface area (Å²) in [6.45, 7) is 0. The molecule has 0 amide bonds. The zero-order chi connectivity index (χ0) is 11.4. The first-order valence-electron chi connectivity index (χ1n) is 4.82. The Morgan fingerprint density at radius 1 is 1.06 bits per heavy atom. The minimum Gasteiger partial charge on any atom is -0.504 e. The fourth-order valence-corrected chi connectivity index (χ4v) is 1.24. The van der Waals surface area contributed by atoms with Crippen molar-refractivity contribution in [3.63, 3.8) is 0 Å². The first-order valence-corrected chi connectivity index (χ1v) is 4.82.